The van der Waals surface area contributed by atoms with E-state index in [1.165, 1.54) is 0 Å². The Morgan fingerprint density at radius 3 is 2.55 bits per heavy atom. The van der Waals surface area contributed by atoms with Crippen LogP contribution in [-0.4, -0.2) is 17.6 Å². The molecule has 1 rings (SSSR count). The quantitative estimate of drug-likeness (QED) is 0.604. The van der Waals surface area contributed by atoms with Gasteiger partial charge in [0.2, 0.25) is 5.91 Å². The van der Waals surface area contributed by atoms with E-state index in [-0.39, 0.29) is 24.3 Å². The molecule has 1 aliphatic rings. The minimum absolute atomic E-state index is 0.0752. The van der Waals surface area contributed by atoms with Gasteiger partial charge < -0.3 is 10.8 Å². The van der Waals surface area contributed by atoms with Crippen LogP contribution in [0, 0.1) is 11.8 Å². The first kappa shape index (κ1) is 8.53. The average molecular weight is 157 g/mol. The van der Waals surface area contributed by atoms with Gasteiger partial charge in [0.25, 0.3) is 0 Å². The van der Waals surface area contributed by atoms with Crippen LogP contribution < -0.4 is 5.73 Å². The van der Waals surface area contributed by atoms with Crippen LogP contribution in [0.15, 0.2) is 0 Å². The lowest BCUT2D eigenvalue weighted by Gasteiger charge is -2.27. The molecule has 0 aromatic rings. The van der Waals surface area contributed by atoms with Crippen LogP contribution in [0.1, 0.15) is 25.7 Å². The number of amides is 1. The lowest BCUT2D eigenvalue weighted by Crippen LogP contribution is -2.34. The lowest BCUT2D eigenvalue weighted by molar-refractivity contribution is -0.125. The van der Waals surface area contributed by atoms with Crippen molar-refractivity contribution in [1.82, 2.24) is 0 Å². The summed E-state index contributed by atoms with van der Waals surface area (Å²) < 4.78 is 0. The molecule has 0 bridgehead atoms. The molecule has 0 saturated heterocycles. The number of hydrogen-bond donors (Lipinski definition) is 2. The van der Waals surface area contributed by atoms with Crippen LogP contribution in [0.3, 0.4) is 0 Å². The fraction of sp³-hybridized carbons (Fsp3) is 0.875. The highest BCUT2D eigenvalue weighted by atomic mass is 16.3. The van der Waals surface area contributed by atoms with Gasteiger partial charge in [-0.3, -0.25) is 4.79 Å². The molecule has 11 heavy (non-hydrogen) atoms. The van der Waals surface area contributed by atoms with Gasteiger partial charge in [-0.05, 0) is 18.8 Å². The minimum atomic E-state index is -0.247. The monoisotopic (exact) mass is 157 g/mol. The minimum Gasteiger partial charge on any atom is -0.396 e. The van der Waals surface area contributed by atoms with Crippen LogP contribution in [0.5, 0.6) is 0 Å². The summed E-state index contributed by atoms with van der Waals surface area (Å²) in [6.45, 7) is 0.105. The first-order valence-electron chi connectivity index (χ1n) is 4.16. The molecule has 3 N–H and O–H groups in total. The summed E-state index contributed by atoms with van der Waals surface area (Å²) in [6, 6.07) is 0. The Labute approximate surface area is 66.6 Å². The predicted octanol–water partition coefficient (Wildman–Crippen LogP) is 0.270. The van der Waals surface area contributed by atoms with Gasteiger partial charge in [0, 0.05) is 12.5 Å². The number of carbonyl (C=O) groups excluding carboxylic acids is 1. The summed E-state index contributed by atoms with van der Waals surface area (Å²) >= 11 is 0. The number of primary amides is 1. The van der Waals surface area contributed by atoms with Gasteiger partial charge in [0.05, 0.1) is 0 Å². The van der Waals surface area contributed by atoms with E-state index < -0.39 is 0 Å². The SMILES string of the molecule is NC(=O)[C@H]1CCCC[C@@H]1CO. The number of hydrogen-bond acceptors (Lipinski definition) is 2. The lowest BCUT2D eigenvalue weighted by atomic mass is 9.79. The van der Waals surface area contributed by atoms with Gasteiger partial charge in [-0.1, -0.05) is 12.8 Å². The van der Waals surface area contributed by atoms with Crippen LogP contribution in [-0.2, 0) is 4.79 Å². The Bertz CT molecular complexity index is 147. The molecular formula is C8H15NO2. The molecule has 0 radical (unpaired) electrons. The highest BCUT2D eigenvalue weighted by Crippen LogP contribution is 2.29. The second-order valence-electron chi connectivity index (χ2n) is 3.24. The summed E-state index contributed by atoms with van der Waals surface area (Å²) in [6.07, 6.45) is 4.00. The zero-order valence-corrected chi connectivity index (χ0v) is 6.62. The molecule has 0 aliphatic heterocycles. The Kier molecular flexibility index (Phi) is 2.88. The second-order valence-corrected chi connectivity index (χ2v) is 3.24. The third kappa shape index (κ3) is 1.93. The van der Waals surface area contributed by atoms with Gasteiger partial charge in [-0.15, -0.1) is 0 Å². The molecule has 1 amide bonds. The molecule has 64 valence electrons. The molecule has 0 aromatic heterocycles. The Balaban J connectivity index is 2.51. The van der Waals surface area contributed by atoms with Gasteiger partial charge in [-0.2, -0.15) is 0 Å². The smallest absolute Gasteiger partial charge is 0.220 e. The zero-order valence-electron chi connectivity index (χ0n) is 6.62. The maximum atomic E-state index is 10.8. The normalized spacial score (nSPS) is 31.7. The number of aliphatic hydroxyl groups excluding tert-OH is 1. The molecule has 0 aromatic carbocycles. The first-order chi connectivity index (χ1) is 5.25. The topological polar surface area (TPSA) is 63.3 Å². The summed E-state index contributed by atoms with van der Waals surface area (Å²) in [7, 11) is 0. The van der Waals surface area contributed by atoms with Gasteiger partial charge >= 0.3 is 0 Å². The van der Waals surface area contributed by atoms with E-state index in [2.05, 4.69) is 0 Å². The molecule has 2 atom stereocenters. The highest BCUT2D eigenvalue weighted by molar-refractivity contribution is 5.77. The Hall–Kier alpha value is -0.570. The highest BCUT2D eigenvalue weighted by Gasteiger charge is 2.28. The standard InChI is InChI=1S/C8H15NO2/c9-8(11)7-4-2-1-3-6(7)5-10/h6-7,10H,1-5H2,(H2,9,11)/t6-,7+/m1/s1. The van der Waals surface area contributed by atoms with Crippen molar-refractivity contribution < 1.29 is 9.90 Å². The van der Waals surface area contributed by atoms with Crippen molar-refractivity contribution in [2.24, 2.45) is 17.6 Å². The summed E-state index contributed by atoms with van der Waals surface area (Å²) in [4.78, 5) is 10.8. The summed E-state index contributed by atoms with van der Waals surface area (Å²) in [5.74, 6) is -0.196. The van der Waals surface area contributed by atoms with E-state index in [0.29, 0.717) is 0 Å². The zero-order chi connectivity index (χ0) is 8.27. The van der Waals surface area contributed by atoms with Gasteiger partial charge in [0.15, 0.2) is 0 Å². The predicted molar refractivity (Wildman–Crippen MR) is 41.7 cm³/mol. The van der Waals surface area contributed by atoms with E-state index in [1.54, 1.807) is 0 Å². The number of rotatable bonds is 2. The van der Waals surface area contributed by atoms with Crippen molar-refractivity contribution in [2.45, 2.75) is 25.7 Å². The maximum absolute atomic E-state index is 10.8. The van der Waals surface area contributed by atoms with E-state index in [0.717, 1.165) is 25.7 Å². The number of nitrogens with two attached hydrogens (primary N) is 1. The molecule has 0 heterocycles. The van der Waals surface area contributed by atoms with Crippen LogP contribution >= 0.6 is 0 Å². The second kappa shape index (κ2) is 3.72. The van der Waals surface area contributed by atoms with Crippen molar-refractivity contribution in [2.75, 3.05) is 6.61 Å². The molecule has 3 heteroatoms. The fourth-order valence-corrected chi connectivity index (χ4v) is 1.80. The third-order valence-corrected chi connectivity index (χ3v) is 2.51. The molecule has 0 unspecified atom stereocenters. The van der Waals surface area contributed by atoms with Gasteiger partial charge in [-0.25, -0.2) is 0 Å². The van der Waals surface area contributed by atoms with Crippen molar-refractivity contribution >= 4 is 5.91 Å². The Morgan fingerprint density at radius 1 is 1.45 bits per heavy atom. The molecule has 1 fully saturated rings. The molecule has 3 nitrogen and oxygen atoms in total. The summed E-state index contributed by atoms with van der Waals surface area (Å²) in [5, 5.41) is 8.90. The molecule has 1 aliphatic carbocycles. The van der Waals surface area contributed by atoms with Gasteiger partial charge in [0.1, 0.15) is 0 Å². The first-order valence-corrected chi connectivity index (χ1v) is 4.16. The maximum Gasteiger partial charge on any atom is 0.220 e. The van der Waals surface area contributed by atoms with Crippen LogP contribution in [0.2, 0.25) is 0 Å². The number of carbonyl (C=O) groups is 1. The van der Waals surface area contributed by atoms with Crippen molar-refractivity contribution in [3.63, 3.8) is 0 Å². The van der Waals surface area contributed by atoms with Crippen LogP contribution in [0.25, 0.3) is 0 Å². The van der Waals surface area contributed by atoms with E-state index >= 15 is 0 Å². The van der Waals surface area contributed by atoms with E-state index in [9.17, 15) is 4.79 Å². The van der Waals surface area contributed by atoms with Crippen molar-refractivity contribution in [1.29, 1.82) is 0 Å². The average Bonchev–Trinajstić information content (AvgIpc) is 2.04. The summed E-state index contributed by atoms with van der Waals surface area (Å²) in [5.41, 5.74) is 5.18. The number of aliphatic hydroxyl groups is 1. The molecule has 0 spiro atoms. The third-order valence-electron chi connectivity index (χ3n) is 2.51. The molecule has 1 saturated carbocycles. The van der Waals surface area contributed by atoms with Crippen molar-refractivity contribution in [3.8, 4) is 0 Å². The van der Waals surface area contributed by atoms with E-state index in [4.69, 9.17) is 10.8 Å². The largest absolute Gasteiger partial charge is 0.396 e. The van der Waals surface area contributed by atoms with E-state index in [1.807, 2.05) is 0 Å². The van der Waals surface area contributed by atoms with Crippen LogP contribution in [0.4, 0.5) is 0 Å². The van der Waals surface area contributed by atoms with Crippen molar-refractivity contribution in [3.05, 3.63) is 0 Å². The Morgan fingerprint density at radius 2 is 2.09 bits per heavy atom. The fourth-order valence-electron chi connectivity index (χ4n) is 1.80. The molecular weight excluding hydrogens is 142 g/mol.